The minimum Gasteiger partial charge on any atom is -0.302 e. The Bertz CT molecular complexity index is 1620. The van der Waals surface area contributed by atoms with Crippen molar-refractivity contribution in [2.24, 2.45) is 0 Å². The second-order valence-corrected chi connectivity index (χ2v) is 13.6. The van der Waals surface area contributed by atoms with Crippen molar-refractivity contribution in [3.8, 4) is 0 Å². The standard InChI is InChI=1S/C19F42O3Si/c20-1(21,2(22,23)4(26,27)6(30,31)8(34,35)10(38,39)12(42,43)44)3(24,25)5(28,29)7(32,33)9(36,37)11(40,41)19(60,61)65(62-16(54,55)13(45,46)47,63-17(56,57)14(48,49)50)64-18(58,59)15(51,52)53. The van der Waals surface area contributed by atoms with Gasteiger partial charge in [0, 0.05) is 0 Å². The molecule has 0 saturated heterocycles. The molecule has 0 aliphatic rings. The average Bonchev–Trinajstić information content (AvgIpc) is 3.00. The van der Waals surface area contributed by atoms with Gasteiger partial charge in [-0.05, 0) is 0 Å². The number of alkyl halides is 42. The molecule has 0 radical (unpaired) electrons. The molecule has 3 nitrogen and oxygen atoms in total. The molecular weight excluding hydrogens is 1100 g/mol. The molecule has 0 saturated carbocycles. The molecule has 0 rings (SSSR count). The van der Waals surface area contributed by atoms with Crippen LogP contribution in [0.15, 0.2) is 0 Å². The van der Waals surface area contributed by atoms with E-state index in [1.165, 1.54) is 0 Å². The Morgan fingerprint density at radius 3 is 0.446 bits per heavy atom. The average molecular weight is 1100 g/mol. The summed E-state index contributed by atoms with van der Waals surface area (Å²) in [6, 6.07) is 0. The van der Waals surface area contributed by atoms with Crippen molar-refractivity contribution in [1.29, 1.82) is 0 Å². The van der Waals surface area contributed by atoms with Gasteiger partial charge in [0.05, 0.1) is 0 Å². The molecule has 0 unspecified atom stereocenters. The third kappa shape index (κ3) is 8.45. The zero-order chi connectivity index (χ0) is 54.1. The summed E-state index contributed by atoms with van der Waals surface area (Å²) in [7, 11) is -12.2. The maximum absolute atomic E-state index is 14.9. The summed E-state index contributed by atoms with van der Waals surface area (Å²) in [5.74, 6) is -113. The van der Waals surface area contributed by atoms with Crippen LogP contribution < -0.4 is 0 Å². The fraction of sp³-hybridized carbons (Fsp3) is 1.00. The van der Waals surface area contributed by atoms with Crippen molar-refractivity contribution in [2.45, 2.75) is 114 Å². The summed E-state index contributed by atoms with van der Waals surface area (Å²) in [5, 5.41) is 0. The SMILES string of the molecule is FC(F)(F)C(F)(F)O[Si](OC(F)(F)C(F)(F)F)(OC(F)(F)C(F)(F)F)C(F)(F)C(F)(F)C(F)(F)C(F)(F)C(F)(F)C(F)(F)C(F)(F)C(F)(F)C(F)(F)C(F)(F)C(F)(F)C(F)(F)C(F)(F)F. The van der Waals surface area contributed by atoms with Gasteiger partial charge in [-0.1, -0.05) is 0 Å². The minimum absolute atomic E-state index is 0.878. The highest BCUT2D eigenvalue weighted by Gasteiger charge is 3.02. The minimum atomic E-state index is -12.2. The molecule has 46 heteroatoms. The summed E-state index contributed by atoms with van der Waals surface area (Å²) in [6.45, 7) is 0. The van der Waals surface area contributed by atoms with Gasteiger partial charge in [0.15, 0.2) is 0 Å². The van der Waals surface area contributed by atoms with Gasteiger partial charge in [0.2, 0.25) is 0 Å². The fourth-order valence-electron chi connectivity index (χ4n) is 3.28. The molecule has 392 valence electrons. The first-order valence-corrected chi connectivity index (χ1v) is 14.9. The molecule has 65 heavy (non-hydrogen) atoms. The monoisotopic (exact) mass is 1100 g/mol. The highest BCUT2D eigenvalue weighted by atomic mass is 28.4. The van der Waals surface area contributed by atoms with Gasteiger partial charge < -0.3 is 13.3 Å². The predicted molar refractivity (Wildman–Crippen MR) is 107 cm³/mol. The van der Waals surface area contributed by atoms with E-state index in [9.17, 15) is 184 Å². The van der Waals surface area contributed by atoms with E-state index in [1.54, 1.807) is 0 Å². The molecule has 0 aliphatic heterocycles. The van der Waals surface area contributed by atoms with Crippen molar-refractivity contribution in [2.75, 3.05) is 0 Å². The third-order valence-corrected chi connectivity index (χ3v) is 9.51. The summed E-state index contributed by atoms with van der Waals surface area (Å²) in [4.78, 5) is 0. The molecule has 0 aromatic rings. The molecular formula is C19F42O3Si. The normalized spacial score (nSPS) is 17.3. The summed E-state index contributed by atoms with van der Waals surface area (Å²) in [5.41, 5.74) is -10.5. The van der Waals surface area contributed by atoms with Crippen LogP contribution in [0.25, 0.3) is 0 Å². The molecule has 0 fully saturated rings. The third-order valence-electron chi connectivity index (χ3n) is 6.86. The number of hydrogen-bond acceptors (Lipinski definition) is 3. The lowest BCUT2D eigenvalue weighted by atomic mass is 9.84. The molecule has 0 N–H and O–H groups in total. The topological polar surface area (TPSA) is 27.7 Å². The Labute approximate surface area is 321 Å². The van der Waals surface area contributed by atoms with Gasteiger partial charge in [0.25, 0.3) is 0 Å². The summed E-state index contributed by atoms with van der Waals surface area (Å²) < 4.78 is 569. The predicted octanol–water partition coefficient (Wildman–Crippen LogP) is 13.2. The quantitative estimate of drug-likeness (QED) is 0.101. The Hall–Kier alpha value is -2.84. The van der Waals surface area contributed by atoms with E-state index in [1.807, 2.05) is 0 Å². The van der Waals surface area contributed by atoms with Crippen LogP contribution >= 0.6 is 0 Å². The van der Waals surface area contributed by atoms with E-state index in [-0.39, 0.29) is 0 Å². The fourth-order valence-corrected chi connectivity index (χ4v) is 5.69. The molecule has 0 aliphatic carbocycles. The van der Waals surface area contributed by atoms with Crippen molar-refractivity contribution in [3.63, 3.8) is 0 Å². The lowest BCUT2D eigenvalue weighted by Crippen LogP contribution is -2.81. The second kappa shape index (κ2) is 15.3. The maximum Gasteiger partial charge on any atom is 0.595 e. The molecule has 0 atom stereocenters. The highest BCUT2D eigenvalue weighted by Crippen LogP contribution is 2.69. The smallest absolute Gasteiger partial charge is 0.302 e. The molecule has 0 amide bonds. The van der Waals surface area contributed by atoms with E-state index in [0.717, 1.165) is 13.3 Å². The van der Waals surface area contributed by atoms with Crippen LogP contribution in [0.1, 0.15) is 0 Å². The van der Waals surface area contributed by atoms with Crippen LogP contribution in [0.5, 0.6) is 0 Å². The van der Waals surface area contributed by atoms with Crippen LogP contribution in [0, 0.1) is 0 Å². The van der Waals surface area contributed by atoms with Crippen LogP contribution in [-0.2, 0) is 13.3 Å². The highest BCUT2D eigenvalue weighted by molar-refractivity contribution is 6.64. The van der Waals surface area contributed by atoms with Crippen LogP contribution in [0.3, 0.4) is 0 Å². The van der Waals surface area contributed by atoms with Crippen LogP contribution in [0.2, 0.25) is 0 Å². The van der Waals surface area contributed by atoms with E-state index >= 15 is 0 Å². The van der Waals surface area contributed by atoms with Crippen LogP contribution in [0.4, 0.5) is 184 Å². The Morgan fingerprint density at radius 1 is 0.169 bits per heavy atom. The summed E-state index contributed by atoms with van der Waals surface area (Å²) in [6.07, 6.45) is -61.4. The Kier molecular flexibility index (Phi) is 14.7. The Balaban J connectivity index is 8.68. The second-order valence-electron chi connectivity index (χ2n) is 11.3. The van der Waals surface area contributed by atoms with E-state index in [4.69, 9.17) is 0 Å². The molecule has 0 aromatic carbocycles. The van der Waals surface area contributed by atoms with Crippen molar-refractivity contribution < 1.29 is 198 Å². The molecule has 0 spiro atoms. The van der Waals surface area contributed by atoms with Crippen molar-refractivity contribution in [1.82, 2.24) is 0 Å². The Morgan fingerprint density at radius 2 is 0.308 bits per heavy atom. The molecule has 0 aromatic heterocycles. The zero-order valence-electron chi connectivity index (χ0n) is 27.1. The first kappa shape index (κ1) is 62.2. The zero-order valence-corrected chi connectivity index (χ0v) is 28.1. The van der Waals surface area contributed by atoms with Gasteiger partial charge in [-0.25, -0.2) is 0 Å². The number of halogens is 42. The lowest BCUT2D eigenvalue weighted by molar-refractivity contribution is -0.485. The van der Waals surface area contributed by atoms with Gasteiger partial charge in [-0.15, -0.1) is 0 Å². The maximum atomic E-state index is 14.9. The first-order valence-electron chi connectivity index (χ1n) is 13.2. The van der Waals surface area contributed by atoms with Crippen LogP contribution in [-0.4, -0.2) is 123 Å². The molecule has 0 heterocycles. The van der Waals surface area contributed by atoms with E-state index in [2.05, 4.69) is 0 Å². The largest absolute Gasteiger partial charge is 0.595 e. The molecule has 0 bridgehead atoms. The number of hydrogen-bond donors (Lipinski definition) is 0. The van der Waals surface area contributed by atoms with Crippen molar-refractivity contribution >= 4 is 8.80 Å². The van der Waals surface area contributed by atoms with Gasteiger partial charge in [0.1, 0.15) is 0 Å². The van der Waals surface area contributed by atoms with E-state index in [0.29, 0.717) is 0 Å². The van der Waals surface area contributed by atoms with E-state index < -0.39 is 123 Å². The van der Waals surface area contributed by atoms with Crippen molar-refractivity contribution in [3.05, 3.63) is 0 Å². The van der Waals surface area contributed by atoms with Gasteiger partial charge in [-0.2, -0.15) is 184 Å². The summed E-state index contributed by atoms with van der Waals surface area (Å²) >= 11 is 0. The lowest BCUT2D eigenvalue weighted by Gasteiger charge is -2.47. The van der Waals surface area contributed by atoms with Gasteiger partial charge in [-0.3, -0.25) is 0 Å². The van der Waals surface area contributed by atoms with Gasteiger partial charge >= 0.3 is 123 Å². The number of rotatable bonds is 18. The first-order chi connectivity index (χ1) is 27.1.